The number of aromatic nitrogens is 2. The summed E-state index contributed by atoms with van der Waals surface area (Å²) in [5.74, 6) is -0.235. The highest BCUT2D eigenvalue weighted by atomic mass is 19.1. The fourth-order valence-corrected chi connectivity index (χ4v) is 4.07. The summed E-state index contributed by atoms with van der Waals surface area (Å²) in [6.45, 7) is 2.65. The molecule has 0 aliphatic carbocycles. The standard InChI is InChI=1S/C24H21FN4O2/c1-16-13-17-5-2-3-6-21(17)28(16)15-23-19(9-12-31-23)24(30)27-18-7-8-22(20(25)14-18)29-11-4-10-26-29/h2-12,14,16H,13,15H2,1H3,(H,27,30). The van der Waals surface area contributed by atoms with Crippen LogP contribution in [0, 0.1) is 5.82 Å². The predicted molar refractivity (Wildman–Crippen MR) is 116 cm³/mol. The molecule has 0 radical (unpaired) electrons. The number of carbonyl (C=O) groups is 1. The Morgan fingerprint density at radius 2 is 2.06 bits per heavy atom. The number of benzene rings is 2. The highest BCUT2D eigenvalue weighted by Gasteiger charge is 2.28. The summed E-state index contributed by atoms with van der Waals surface area (Å²) in [4.78, 5) is 15.1. The molecule has 0 bridgehead atoms. The third kappa shape index (κ3) is 3.59. The molecule has 2 aromatic heterocycles. The predicted octanol–water partition coefficient (Wildman–Crippen LogP) is 4.81. The lowest BCUT2D eigenvalue weighted by Gasteiger charge is -2.24. The van der Waals surface area contributed by atoms with Gasteiger partial charge in [0.05, 0.1) is 18.4 Å². The van der Waals surface area contributed by atoms with Crippen LogP contribution in [0.4, 0.5) is 15.8 Å². The van der Waals surface area contributed by atoms with Crippen molar-refractivity contribution in [3.8, 4) is 5.69 Å². The molecule has 4 aromatic rings. The first-order chi connectivity index (χ1) is 15.1. The number of amides is 1. The summed E-state index contributed by atoms with van der Waals surface area (Å²) >= 11 is 0. The number of furan rings is 1. The number of fused-ring (bicyclic) bond motifs is 1. The molecule has 0 saturated heterocycles. The van der Waals surface area contributed by atoms with E-state index in [0.29, 0.717) is 35.3 Å². The molecule has 1 aliphatic rings. The second kappa shape index (κ2) is 7.75. The molecule has 0 fully saturated rings. The Hall–Kier alpha value is -3.87. The summed E-state index contributed by atoms with van der Waals surface area (Å²) in [6.07, 6.45) is 5.71. The van der Waals surface area contributed by atoms with Crippen molar-refractivity contribution in [2.24, 2.45) is 0 Å². The van der Waals surface area contributed by atoms with Crippen LogP contribution in [0.3, 0.4) is 0 Å². The van der Waals surface area contributed by atoms with Gasteiger partial charge in [0.15, 0.2) is 5.82 Å². The quantitative estimate of drug-likeness (QED) is 0.507. The molecular weight excluding hydrogens is 395 g/mol. The first-order valence-electron chi connectivity index (χ1n) is 10.1. The SMILES string of the molecule is CC1Cc2ccccc2N1Cc1occc1C(=O)Nc1ccc(-n2cccn2)c(F)c1. The van der Waals surface area contributed by atoms with Gasteiger partial charge in [-0.1, -0.05) is 18.2 Å². The van der Waals surface area contributed by atoms with Crippen LogP contribution in [0.1, 0.15) is 28.6 Å². The van der Waals surface area contributed by atoms with E-state index in [2.05, 4.69) is 34.4 Å². The van der Waals surface area contributed by atoms with Gasteiger partial charge < -0.3 is 14.6 Å². The molecule has 1 aliphatic heterocycles. The topological polar surface area (TPSA) is 63.3 Å². The van der Waals surface area contributed by atoms with Crippen molar-refractivity contribution in [1.29, 1.82) is 0 Å². The van der Waals surface area contributed by atoms with Crippen LogP contribution in [0.2, 0.25) is 0 Å². The maximum atomic E-state index is 14.5. The van der Waals surface area contributed by atoms with E-state index >= 15 is 0 Å². The van der Waals surface area contributed by atoms with E-state index in [1.807, 2.05) is 12.1 Å². The lowest BCUT2D eigenvalue weighted by Crippen LogP contribution is -2.29. The molecule has 6 nitrogen and oxygen atoms in total. The van der Waals surface area contributed by atoms with Gasteiger partial charge in [-0.05, 0) is 55.3 Å². The number of nitrogens with one attached hydrogen (secondary N) is 1. The second-order valence-electron chi connectivity index (χ2n) is 7.64. The van der Waals surface area contributed by atoms with Crippen LogP contribution < -0.4 is 10.2 Å². The molecule has 1 N–H and O–H groups in total. The van der Waals surface area contributed by atoms with Gasteiger partial charge >= 0.3 is 0 Å². The molecule has 0 spiro atoms. The van der Waals surface area contributed by atoms with Gasteiger partial charge in [0, 0.05) is 29.8 Å². The average molecular weight is 416 g/mol. The van der Waals surface area contributed by atoms with E-state index in [4.69, 9.17) is 4.42 Å². The Bertz CT molecular complexity index is 1230. The summed E-state index contributed by atoms with van der Waals surface area (Å²) < 4.78 is 21.6. The van der Waals surface area contributed by atoms with Crippen molar-refractivity contribution < 1.29 is 13.6 Å². The zero-order valence-corrected chi connectivity index (χ0v) is 17.0. The Morgan fingerprint density at radius 3 is 2.87 bits per heavy atom. The van der Waals surface area contributed by atoms with Crippen molar-refractivity contribution >= 4 is 17.3 Å². The Kier molecular flexibility index (Phi) is 4.78. The Morgan fingerprint density at radius 1 is 1.19 bits per heavy atom. The Labute approximate surface area is 178 Å². The first-order valence-corrected chi connectivity index (χ1v) is 10.1. The van der Waals surface area contributed by atoms with E-state index in [-0.39, 0.29) is 5.91 Å². The normalized spacial score (nSPS) is 15.2. The van der Waals surface area contributed by atoms with Crippen LogP contribution in [-0.4, -0.2) is 21.7 Å². The molecule has 2 aromatic carbocycles. The number of halogens is 1. The van der Waals surface area contributed by atoms with E-state index < -0.39 is 5.82 Å². The summed E-state index contributed by atoms with van der Waals surface area (Å²) in [5, 5.41) is 6.80. The minimum atomic E-state index is -0.476. The van der Waals surface area contributed by atoms with Crippen LogP contribution >= 0.6 is 0 Å². The third-order valence-corrected chi connectivity index (χ3v) is 5.61. The zero-order valence-electron chi connectivity index (χ0n) is 17.0. The molecule has 7 heteroatoms. The number of carbonyl (C=O) groups excluding carboxylic acids is 1. The first kappa shape index (κ1) is 19.1. The van der Waals surface area contributed by atoms with Crippen molar-refractivity contribution in [2.75, 3.05) is 10.2 Å². The van der Waals surface area contributed by atoms with Crippen molar-refractivity contribution in [1.82, 2.24) is 9.78 Å². The minimum Gasteiger partial charge on any atom is -0.467 e. The van der Waals surface area contributed by atoms with E-state index in [1.54, 1.807) is 36.7 Å². The lowest BCUT2D eigenvalue weighted by atomic mass is 10.1. The number of nitrogens with zero attached hydrogens (tertiary/aromatic N) is 3. The van der Waals surface area contributed by atoms with Crippen LogP contribution in [-0.2, 0) is 13.0 Å². The highest BCUT2D eigenvalue weighted by molar-refractivity contribution is 6.05. The number of hydrogen-bond acceptors (Lipinski definition) is 4. The lowest BCUT2D eigenvalue weighted by molar-refractivity contribution is 0.102. The van der Waals surface area contributed by atoms with Gasteiger partial charge in [0.2, 0.25) is 0 Å². The molecule has 1 atom stereocenters. The van der Waals surface area contributed by atoms with Gasteiger partial charge in [-0.3, -0.25) is 4.79 Å². The molecule has 0 saturated carbocycles. The fourth-order valence-electron chi connectivity index (χ4n) is 4.07. The van der Waals surface area contributed by atoms with Crippen LogP contribution in [0.15, 0.2) is 77.7 Å². The number of hydrogen-bond donors (Lipinski definition) is 1. The van der Waals surface area contributed by atoms with Gasteiger partial charge in [0.1, 0.15) is 11.4 Å². The summed E-state index contributed by atoms with van der Waals surface area (Å²) in [5.41, 5.74) is 3.57. The molecule has 31 heavy (non-hydrogen) atoms. The van der Waals surface area contributed by atoms with E-state index in [0.717, 1.165) is 12.1 Å². The van der Waals surface area contributed by atoms with Crippen LogP contribution in [0.25, 0.3) is 5.69 Å². The fraction of sp³-hybridized carbons (Fsp3) is 0.167. The minimum absolute atomic E-state index is 0.308. The Balaban J connectivity index is 1.34. The van der Waals surface area contributed by atoms with Gasteiger partial charge in [-0.25, -0.2) is 9.07 Å². The van der Waals surface area contributed by atoms with Gasteiger partial charge in [-0.15, -0.1) is 0 Å². The monoisotopic (exact) mass is 416 g/mol. The van der Waals surface area contributed by atoms with Gasteiger partial charge in [-0.2, -0.15) is 5.10 Å². The van der Waals surface area contributed by atoms with Crippen LogP contribution in [0.5, 0.6) is 0 Å². The maximum absolute atomic E-state index is 14.5. The largest absolute Gasteiger partial charge is 0.467 e. The third-order valence-electron chi connectivity index (χ3n) is 5.61. The van der Waals surface area contributed by atoms with Crippen molar-refractivity contribution in [2.45, 2.75) is 25.9 Å². The van der Waals surface area contributed by atoms with Gasteiger partial charge in [0.25, 0.3) is 5.91 Å². The summed E-state index contributed by atoms with van der Waals surface area (Å²) in [7, 11) is 0. The smallest absolute Gasteiger partial charge is 0.259 e. The second-order valence-corrected chi connectivity index (χ2v) is 7.64. The maximum Gasteiger partial charge on any atom is 0.259 e. The molecular formula is C24H21FN4O2. The molecule has 156 valence electrons. The van der Waals surface area contributed by atoms with E-state index in [1.165, 1.54) is 22.6 Å². The summed E-state index contributed by atoms with van der Waals surface area (Å²) in [6, 6.07) is 16.5. The molecule has 3 heterocycles. The van der Waals surface area contributed by atoms with Crippen molar-refractivity contribution in [3.63, 3.8) is 0 Å². The molecule has 1 unspecified atom stereocenters. The molecule has 5 rings (SSSR count). The van der Waals surface area contributed by atoms with Crippen molar-refractivity contribution in [3.05, 3.63) is 96.0 Å². The zero-order chi connectivity index (χ0) is 21.4. The number of rotatable bonds is 5. The number of anilines is 2. The van der Waals surface area contributed by atoms with E-state index in [9.17, 15) is 9.18 Å². The molecule has 1 amide bonds. The highest BCUT2D eigenvalue weighted by Crippen LogP contribution is 2.33. The average Bonchev–Trinajstić information content (AvgIpc) is 3.50. The number of para-hydroxylation sites is 1.